The molecule has 0 saturated heterocycles. The lowest BCUT2D eigenvalue weighted by atomic mass is 10.1. The van der Waals surface area contributed by atoms with E-state index in [1.165, 1.54) is 12.1 Å². The SMILES string of the molecule is Cc1ccc(S(=O)(=O)OC(O)(O)CC(C)C)cc1. The van der Waals surface area contributed by atoms with Crippen LogP contribution < -0.4 is 0 Å². The maximum Gasteiger partial charge on any atom is 0.301 e. The molecule has 102 valence electrons. The molecule has 0 aliphatic heterocycles. The molecule has 1 rings (SSSR count). The van der Waals surface area contributed by atoms with Gasteiger partial charge in [0.05, 0.1) is 4.90 Å². The number of aliphatic hydroxyl groups is 2. The number of benzene rings is 1. The van der Waals surface area contributed by atoms with Gasteiger partial charge in [-0.15, -0.1) is 0 Å². The summed E-state index contributed by atoms with van der Waals surface area (Å²) < 4.78 is 28.0. The van der Waals surface area contributed by atoms with Crippen molar-refractivity contribution in [3.63, 3.8) is 0 Å². The molecule has 2 N–H and O–H groups in total. The first kappa shape index (κ1) is 15.1. The Balaban J connectivity index is 2.91. The Bertz CT molecular complexity index is 488. The Labute approximate surface area is 107 Å². The van der Waals surface area contributed by atoms with E-state index in [0.717, 1.165) is 5.56 Å². The second-order valence-electron chi connectivity index (χ2n) is 4.69. The van der Waals surface area contributed by atoms with Crippen molar-refractivity contribution in [2.45, 2.75) is 38.1 Å². The summed E-state index contributed by atoms with van der Waals surface area (Å²) in [5, 5.41) is 19.0. The van der Waals surface area contributed by atoms with Crippen molar-refractivity contribution in [2.75, 3.05) is 0 Å². The Kier molecular flexibility index (Phi) is 4.50. The van der Waals surface area contributed by atoms with Crippen LogP contribution in [0.2, 0.25) is 0 Å². The van der Waals surface area contributed by atoms with E-state index in [-0.39, 0.29) is 17.2 Å². The quantitative estimate of drug-likeness (QED) is 0.626. The molecule has 1 aromatic rings. The lowest BCUT2D eigenvalue weighted by Gasteiger charge is -2.22. The lowest BCUT2D eigenvalue weighted by Crippen LogP contribution is -2.36. The monoisotopic (exact) mass is 274 g/mol. The highest BCUT2D eigenvalue weighted by Gasteiger charge is 2.33. The van der Waals surface area contributed by atoms with Gasteiger partial charge < -0.3 is 10.2 Å². The van der Waals surface area contributed by atoms with Crippen LogP contribution in [0.5, 0.6) is 0 Å². The fourth-order valence-electron chi connectivity index (χ4n) is 1.49. The third kappa shape index (κ3) is 4.38. The zero-order valence-electron chi connectivity index (χ0n) is 10.6. The van der Waals surface area contributed by atoms with E-state index >= 15 is 0 Å². The van der Waals surface area contributed by atoms with Crippen molar-refractivity contribution >= 4 is 10.1 Å². The first-order chi connectivity index (χ1) is 8.12. The van der Waals surface area contributed by atoms with E-state index in [9.17, 15) is 18.6 Å². The molecule has 0 bridgehead atoms. The van der Waals surface area contributed by atoms with Crippen molar-refractivity contribution in [1.82, 2.24) is 0 Å². The second kappa shape index (κ2) is 5.36. The predicted octanol–water partition coefficient (Wildman–Crippen LogP) is 1.38. The molecule has 0 amide bonds. The molecule has 6 heteroatoms. The zero-order valence-corrected chi connectivity index (χ0v) is 11.4. The van der Waals surface area contributed by atoms with Crippen molar-refractivity contribution in [3.8, 4) is 0 Å². The summed E-state index contributed by atoms with van der Waals surface area (Å²) >= 11 is 0. The van der Waals surface area contributed by atoms with E-state index in [1.54, 1.807) is 26.0 Å². The van der Waals surface area contributed by atoms with Crippen LogP contribution in [-0.2, 0) is 14.3 Å². The van der Waals surface area contributed by atoms with Crippen LogP contribution >= 0.6 is 0 Å². The van der Waals surface area contributed by atoms with Gasteiger partial charge in [-0.1, -0.05) is 31.5 Å². The molecule has 0 radical (unpaired) electrons. The highest BCUT2D eigenvalue weighted by Crippen LogP contribution is 2.22. The second-order valence-corrected chi connectivity index (χ2v) is 6.24. The molecule has 0 aliphatic carbocycles. The molecule has 1 aromatic carbocycles. The van der Waals surface area contributed by atoms with Gasteiger partial charge >= 0.3 is 10.1 Å². The first-order valence-corrected chi connectivity index (χ1v) is 7.00. The van der Waals surface area contributed by atoms with E-state index < -0.39 is 16.1 Å². The standard InChI is InChI=1S/C12H18O5S/c1-9(2)8-12(13,14)17-18(15,16)11-6-4-10(3)5-7-11/h4-7,9,13-14H,8H2,1-3H3. The van der Waals surface area contributed by atoms with Gasteiger partial charge in [0.2, 0.25) is 0 Å². The van der Waals surface area contributed by atoms with Crippen molar-refractivity contribution in [1.29, 1.82) is 0 Å². The molecule has 0 fully saturated rings. The molecular formula is C12H18O5S. The van der Waals surface area contributed by atoms with Crippen molar-refractivity contribution in [3.05, 3.63) is 29.8 Å². The maximum atomic E-state index is 11.8. The summed E-state index contributed by atoms with van der Waals surface area (Å²) in [5.41, 5.74) is 0.899. The highest BCUT2D eigenvalue weighted by atomic mass is 32.2. The molecular weight excluding hydrogens is 256 g/mol. The van der Waals surface area contributed by atoms with E-state index in [1.807, 2.05) is 6.92 Å². The smallest absolute Gasteiger partial charge is 0.301 e. The van der Waals surface area contributed by atoms with Gasteiger partial charge in [-0.05, 0) is 25.0 Å². The molecule has 0 spiro atoms. The summed E-state index contributed by atoms with van der Waals surface area (Å²) in [6.45, 7) is 5.27. The molecule has 5 nitrogen and oxygen atoms in total. The van der Waals surface area contributed by atoms with Crippen LogP contribution in [-0.4, -0.2) is 24.6 Å². The zero-order chi connectivity index (χ0) is 14.0. The molecule has 18 heavy (non-hydrogen) atoms. The van der Waals surface area contributed by atoms with Crippen molar-refractivity contribution < 1.29 is 22.8 Å². The van der Waals surface area contributed by atoms with Crippen LogP contribution in [0.25, 0.3) is 0 Å². The van der Waals surface area contributed by atoms with Crippen molar-refractivity contribution in [2.24, 2.45) is 5.92 Å². The maximum absolute atomic E-state index is 11.8. The minimum Gasteiger partial charge on any atom is -0.343 e. The van der Waals surface area contributed by atoms with Crippen LogP contribution in [0.1, 0.15) is 25.8 Å². The fraction of sp³-hybridized carbons (Fsp3) is 0.500. The molecule has 0 unspecified atom stereocenters. The minimum atomic E-state index is -4.18. The van der Waals surface area contributed by atoms with E-state index in [0.29, 0.717) is 0 Å². The van der Waals surface area contributed by atoms with Crippen LogP contribution in [0.15, 0.2) is 29.2 Å². The van der Waals surface area contributed by atoms with Gasteiger partial charge in [-0.25, -0.2) is 4.18 Å². The highest BCUT2D eigenvalue weighted by molar-refractivity contribution is 7.86. The summed E-state index contributed by atoms with van der Waals surface area (Å²) in [6, 6.07) is 5.93. The third-order valence-electron chi connectivity index (χ3n) is 2.23. The largest absolute Gasteiger partial charge is 0.343 e. The number of aryl methyl sites for hydroxylation is 1. The average molecular weight is 274 g/mol. The van der Waals surface area contributed by atoms with Gasteiger partial charge in [-0.2, -0.15) is 8.42 Å². The van der Waals surface area contributed by atoms with Gasteiger partial charge in [0, 0.05) is 6.42 Å². The summed E-state index contributed by atoms with van der Waals surface area (Å²) in [4.78, 5) is -0.107. The Morgan fingerprint density at radius 2 is 1.72 bits per heavy atom. The number of hydrogen-bond acceptors (Lipinski definition) is 5. The average Bonchev–Trinajstić information content (AvgIpc) is 2.13. The third-order valence-corrected chi connectivity index (χ3v) is 3.56. The Morgan fingerprint density at radius 3 is 2.17 bits per heavy atom. The Hall–Kier alpha value is -0.950. The fourth-order valence-corrected chi connectivity index (χ4v) is 2.48. The molecule has 0 heterocycles. The summed E-state index contributed by atoms with van der Waals surface area (Å²) in [7, 11) is -4.18. The Morgan fingerprint density at radius 1 is 1.22 bits per heavy atom. The van der Waals surface area contributed by atoms with Crippen LogP contribution in [0.3, 0.4) is 0 Å². The van der Waals surface area contributed by atoms with Gasteiger partial charge in [-0.3, -0.25) is 0 Å². The van der Waals surface area contributed by atoms with Crippen LogP contribution in [0.4, 0.5) is 0 Å². The topological polar surface area (TPSA) is 83.8 Å². The molecule has 0 aromatic heterocycles. The van der Waals surface area contributed by atoms with E-state index in [4.69, 9.17) is 0 Å². The van der Waals surface area contributed by atoms with Gasteiger partial charge in [0.1, 0.15) is 0 Å². The van der Waals surface area contributed by atoms with E-state index in [2.05, 4.69) is 4.18 Å². The summed E-state index contributed by atoms with van der Waals surface area (Å²) in [6.07, 6.45) is -0.196. The van der Waals surface area contributed by atoms with Crippen LogP contribution in [0, 0.1) is 12.8 Å². The minimum absolute atomic E-state index is 0.107. The molecule has 0 saturated carbocycles. The van der Waals surface area contributed by atoms with Gasteiger partial charge in [0.15, 0.2) is 0 Å². The first-order valence-electron chi connectivity index (χ1n) is 5.59. The van der Waals surface area contributed by atoms with Gasteiger partial charge in [0.25, 0.3) is 5.97 Å². The number of rotatable bonds is 5. The summed E-state index contributed by atoms with van der Waals surface area (Å²) in [5.74, 6) is -2.80. The predicted molar refractivity (Wildman–Crippen MR) is 66.1 cm³/mol. The molecule has 0 aliphatic rings. The number of hydrogen-bond donors (Lipinski definition) is 2. The molecule has 0 atom stereocenters. The lowest BCUT2D eigenvalue weighted by molar-refractivity contribution is -0.297. The normalized spacial score (nSPS) is 13.0.